The molecule has 7 nitrogen and oxygen atoms in total. The third-order valence-electron chi connectivity index (χ3n) is 4.08. The fraction of sp³-hybridized carbons (Fsp3) is 0.238. The maximum atomic E-state index is 12.4. The monoisotopic (exact) mass is 409 g/mol. The molecule has 1 aliphatic rings. The number of benzene rings is 2. The molecule has 2 aromatic rings. The molecule has 1 aliphatic carbocycles. The first-order valence-corrected chi connectivity index (χ1v) is 10.0. The number of hydrogen-bond acceptors (Lipinski definition) is 6. The van der Waals surface area contributed by atoms with Gasteiger partial charge >= 0.3 is 12.0 Å². The summed E-state index contributed by atoms with van der Waals surface area (Å²) >= 11 is 1.45. The van der Waals surface area contributed by atoms with Gasteiger partial charge in [0.1, 0.15) is 0 Å². The highest BCUT2D eigenvalue weighted by Gasteiger charge is 2.24. The number of rotatable bonds is 7. The molecule has 2 N–H and O–H groups in total. The van der Waals surface area contributed by atoms with E-state index in [2.05, 4.69) is 16.7 Å². The molecule has 0 spiro atoms. The Morgan fingerprint density at radius 3 is 2.52 bits per heavy atom. The number of carbonyl (C=O) groups excluding carboxylic acids is 3. The van der Waals surface area contributed by atoms with Crippen molar-refractivity contribution in [1.29, 1.82) is 5.26 Å². The topological polar surface area (TPSA) is 108 Å². The van der Waals surface area contributed by atoms with Gasteiger partial charge in [0.2, 0.25) is 0 Å². The Balaban J connectivity index is 1.52. The Morgan fingerprint density at radius 1 is 1.10 bits per heavy atom. The minimum Gasteiger partial charge on any atom is -0.452 e. The fourth-order valence-electron chi connectivity index (χ4n) is 2.42. The minimum atomic E-state index is -0.681. The van der Waals surface area contributed by atoms with Gasteiger partial charge in [-0.05, 0) is 42.7 Å². The Kier molecular flexibility index (Phi) is 6.87. The molecule has 0 radical (unpaired) electrons. The lowest BCUT2D eigenvalue weighted by atomic mass is 10.2. The van der Waals surface area contributed by atoms with Crippen LogP contribution in [0.3, 0.4) is 0 Å². The summed E-state index contributed by atoms with van der Waals surface area (Å²) in [5.74, 6) is -0.706. The number of ether oxygens (including phenoxy) is 1. The second-order valence-electron chi connectivity index (χ2n) is 6.47. The fourth-order valence-corrected chi connectivity index (χ4v) is 3.41. The molecular weight excluding hydrogens is 390 g/mol. The van der Waals surface area contributed by atoms with Gasteiger partial charge in [-0.2, -0.15) is 5.26 Å². The van der Waals surface area contributed by atoms with Crippen LogP contribution < -0.4 is 10.6 Å². The lowest BCUT2D eigenvalue weighted by molar-refractivity contribution is -0.123. The number of hydrogen-bond donors (Lipinski definition) is 2. The second kappa shape index (κ2) is 9.75. The number of nitrogens with zero attached hydrogens (tertiary/aromatic N) is 1. The van der Waals surface area contributed by atoms with Gasteiger partial charge < -0.3 is 10.1 Å². The van der Waals surface area contributed by atoms with Gasteiger partial charge in [-0.1, -0.05) is 24.3 Å². The van der Waals surface area contributed by atoms with Crippen molar-refractivity contribution in [3.8, 4) is 6.07 Å². The van der Waals surface area contributed by atoms with Crippen molar-refractivity contribution < 1.29 is 19.1 Å². The summed E-state index contributed by atoms with van der Waals surface area (Å²) in [6.45, 7) is -0.536. The van der Waals surface area contributed by atoms with E-state index in [1.807, 2.05) is 18.2 Å². The molecular formula is C21H19N3O4S. The quantitative estimate of drug-likeness (QED) is 0.538. The number of carbonyl (C=O) groups is 3. The van der Waals surface area contributed by atoms with Crippen LogP contribution in [0.25, 0.3) is 0 Å². The van der Waals surface area contributed by atoms with Gasteiger partial charge in [0, 0.05) is 16.7 Å². The van der Waals surface area contributed by atoms with E-state index in [1.54, 1.807) is 30.3 Å². The molecule has 3 amide bonds. The molecule has 1 saturated carbocycles. The molecule has 2 aromatic carbocycles. The van der Waals surface area contributed by atoms with Gasteiger partial charge in [-0.3, -0.25) is 10.1 Å². The summed E-state index contributed by atoms with van der Waals surface area (Å²) in [5.41, 5.74) is 1.95. The van der Waals surface area contributed by atoms with E-state index >= 15 is 0 Å². The summed E-state index contributed by atoms with van der Waals surface area (Å²) in [4.78, 5) is 36.4. The van der Waals surface area contributed by atoms with Gasteiger partial charge in [0.25, 0.3) is 5.91 Å². The average molecular weight is 409 g/mol. The van der Waals surface area contributed by atoms with Gasteiger partial charge in [0.05, 0.1) is 17.2 Å². The van der Waals surface area contributed by atoms with Gasteiger partial charge in [0.15, 0.2) is 6.61 Å². The molecule has 0 bridgehead atoms. The maximum absolute atomic E-state index is 12.4. The number of esters is 1. The van der Waals surface area contributed by atoms with Crippen LogP contribution >= 0.6 is 11.8 Å². The van der Waals surface area contributed by atoms with Gasteiger partial charge in [-0.15, -0.1) is 11.8 Å². The van der Waals surface area contributed by atoms with Crippen molar-refractivity contribution >= 4 is 29.7 Å². The van der Waals surface area contributed by atoms with E-state index < -0.39 is 24.5 Å². The summed E-state index contributed by atoms with van der Waals surface area (Å²) in [5, 5.41) is 13.6. The molecule has 0 saturated heterocycles. The third kappa shape index (κ3) is 6.36. The van der Waals surface area contributed by atoms with Crippen molar-refractivity contribution in [2.24, 2.45) is 0 Å². The number of urea groups is 1. The zero-order chi connectivity index (χ0) is 20.6. The summed E-state index contributed by atoms with van der Waals surface area (Å²) in [7, 11) is 0. The zero-order valence-corrected chi connectivity index (χ0v) is 16.3. The van der Waals surface area contributed by atoms with Crippen LogP contribution in [0.1, 0.15) is 34.3 Å². The van der Waals surface area contributed by atoms with Gasteiger partial charge in [-0.25, -0.2) is 9.59 Å². The predicted octanol–water partition coefficient (Wildman–Crippen LogP) is 3.00. The molecule has 0 aliphatic heterocycles. The maximum Gasteiger partial charge on any atom is 0.339 e. The first-order chi connectivity index (χ1) is 14.0. The standard InChI is InChI=1S/C21H19N3O4S/c22-11-14-5-7-15(8-6-14)13-29-18-4-2-1-3-17(18)20(26)28-12-19(25)24-21(27)23-16-9-10-16/h1-8,16H,9-10,12-13H2,(H2,23,24,25,27). The molecule has 0 heterocycles. The lowest BCUT2D eigenvalue weighted by Crippen LogP contribution is -2.42. The van der Waals surface area contributed by atoms with Crippen LogP contribution in [0.2, 0.25) is 0 Å². The highest BCUT2D eigenvalue weighted by Crippen LogP contribution is 2.27. The molecule has 0 atom stereocenters. The van der Waals surface area contributed by atoms with Crippen LogP contribution in [-0.4, -0.2) is 30.6 Å². The number of nitrogens with one attached hydrogen (secondary N) is 2. The van der Waals surface area contributed by atoms with Crippen LogP contribution in [0, 0.1) is 11.3 Å². The second-order valence-corrected chi connectivity index (χ2v) is 7.48. The Hall–Kier alpha value is -3.31. The van der Waals surface area contributed by atoms with Crippen LogP contribution in [0.15, 0.2) is 53.4 Å². The number of nitriles is 1. The highest BCUT2D eigenvalue weighted by atomic mass is 32.2. The molecule has 3 rings (SSSR count). The molecule has 148 valence electrons. The van der Waals surface area contributed by atoms with Crippen LogP contribution in [-0.2, 0) is 15.3 Å². The smallest absolute Gasteiger partial charge is 0.339 e. The first kappa shape index (κ1) is 20.4. The lowest BCUT2D eigenvalue weighted by Gasteiger charge is -2.10. The largest absolute Gasteiger partial charge is 0.452 e. The predicted molar refractivity (Wildman–Crippen MR) is 107 cm³/mol. The van der Waals surface area contributed by atoms with E-state index in [1.165, 1.54) is 11.8 Å². The van der Waals surface area contributed by atoms with Crippen LogP contribution in [0.5, 0.6) is 0 Å². The van der Waals surface area contributed by atoms with E-state index in [-0.39, 0.29) is 6.04 Å². The summed E-state index contributed by atoms with van der Waals surface area (Å²) in [6.07, 6.45) is 1.82. The van der Waals surface area contributed by atoms with Crippen LogP contribution in [0.4, 0.5) is 4.79 Å². The zero-order valence-electron chi connectivity index (χ0n) is 15.5. The molecule has 0 aromatic heterocycles. The van der Waals surface area contributed by atoms with Crippen molar-refractivity contribution in [2.45, 2.75) is 29.5 Å². The van der Waals surface area contributed by atoms with Crippen molar-refractivity contribution in [3.63, 3.8) is 0 Å². The van der Waals surface area contributed by atoms with E-state index in [9.17, 15) is 14.4 Å². The molecule has 1 fully saturated rings. The number of amides is 3. The first-order valence-electron chi connectivity index (χ1n) is 9.03. The summed E-state index contributed by atoms with van der Waals surface area (Å²) < 4.78 is 5.05. The SMILES string of the molecule is N#Cc1ccc(CSc2ccccc2C(=O)OCC(=O)NC(=O)NC2CC2)cc1. The van der Waals surface area contributed by atoms with E-state index in [0.717, 1.165) is 18.4 Å². The van der Waals surface area contributed by atoms with Crippen molar-refractivity contribution in [1.82, 2.24) is 10.6 Å². The van der Waals surface area contributed by atoms with E-state index in [4.69, 9.17) is 10.00 Å². The average Bonchev–Trinajstić information content (AvgIpc) is 3.55. The Morgan fingerprint density at radius 2 is 1.83 bits per heavy atom. The summed E-state index contributed by atoms with van der Waals surface area (Å²) in [6, 6.07) is 15.8. The number of imide groups is 1. The van der Waals surface area contributed by atoms with Crippen molar-refractivity contribution in [2.75, 3.05) is 6.61 Å². The molecule has 29 heavy (non-hydrogen) atoms. The van der Waals surface area contributed by atoms with E-state index in [0.29, 0.717) is 21.8 Å². The normalized spacial score (nSPS) is 12.5. The highest BCUT2D eigenvalue weighted by molar-refractivity contribution is 7.98. The number of thioether (sulfide) groups is 1. The molecule has 0 unspecified atom stereocenters. The Bertz CT molecular complexity index is 949. The third-order valence-corrected chi connectivity index (χ3v) is 5.23. The Labute approximate surface area is 172 Å². The van der Waals surface area contributed by atoms with Crippen molar-refractivity contribution in [3.05, 3.63) is 65.2 Å². The molecule has 8 heteroatoms. The minimum absolute atomic E-state index is 0.130.